The molecule has 0 saturated heterocycles. The SMILES string of the molecule is CCOC1CC(NCc2c(C)nc3scc(C)n23)C1(C)C. The number of hydrogen-bond acceptors (Lipinski definition) is 4. The first-order chi connectivity index (χ1) is 9.95. The van der Waals surface area contributed by atoms with Crippen molar-refractivity contribution in [2.45, 2.75) is 59.7 Å². The van der Waals surface area contributed by atoms with Crippen molar-refractivity contribution in [1.82, 2.24) is 14.7 Å². The van der Waals surface area contributed by atoms with E-state index in [9.17, 15) is 0 Å². The molecule has 2 unspecified atom stereocenters. The van der Waals surface area contributed by atoms with Gasteiger partial charge in [0.25, 0.3) is 0 Å². The van der Waals surface area contributed by atoms with E-state index in [0.29, 0.717) is 12.1 Å². The molecule has 0 aromatic carbocycles. The van der Waals surface area contributed by atoms with E-state index in [1.165, 1.54) is 11.4 Å². The third-order valence-corrected chi connectivity index (χ3v) is 5.83. The van der Waals surface area contributed by atoms with E-state index in [4.69, 9.17) is 4.74 Å². The third-order valence-electron chi connectivity index (χ3n) is 4.89. The lowest BCUT2D eigenvalue weighted by Crippen LogP contribution is -2.60. The Balaban J connectivity index is 1.70. The van der Waals surface area contributed by atoms with Crippen LogP contribution in [0, 0.1) is 19.3 Å². The Hall–Kier alpha value is -0.910. The van der Waals surface area contributed by atoms with Gasteiger partial charge in [-0.1, -0.05) is 13.8 Å². The fourth-order valence-electron chi connectivity index (χ4n) is 3.31. The molecular formula is C16H25N3OS. The molecule has 2 aromatic heterocycles. The van der Waals surface area contributed by atoms with Crippen LogP contribution in [0.1, 0.15) is 44.3 Å². The Morgan fingerprint density at radius 3 is 2.90 bits per heavy atom. The number of nitrogens with one attached hydrogen (secondary N) is 1. The van der Waals surface area contributed by atoms with Crippen LogP contribution < -0.4 is 5.32 Å². The lowest BCUT2D eigenvalue weighted by molar-refractivity contribution is -0.114. The van der Waals surface area contributed by atoms with Gasteiger partial charge in [-0.2, -0.15) is 0 Å². The normalized spacial score (nSPS) is 24.4. The summed E-state index contributed by atoms with van der Waals surface area (Å²) in [4.78, 5) is 5.75. The molecule has 1 saturated carbocycles. The Bertz CT molecular complexity index is 643. The maximum absolute atomic E-state index is 5.81. The first-order valence-corrected chi connectivity index (χ1v) is 8.60. The topological polar surface area (TPSA) is 38.6 Å². The van der Waals surface area contributed by atoms with Crippen LogP contribution in [0.5, 0.6) is 0 Å². The summed E-state index contributed by atoms with van der Waals surface area (Å²) in [6, 6.07) is 0.512. The van der Waals surface area contributed by atoms with E-state index in [2.05, 4.69) is 54.7 Å². The predicted molar refractivity (Wildman–Crippen MR) is 87.0 cm³/mol. The lowest BCUT2D eigenvalue weighted by Gasteiger charge is -2.52. The van der Waals surface area contributed by atoms with Crippen LogP contribution in [0.2, 0.25) is 0 Å². The minimum absolute atomic E-state index is 0.206. The first-order valence-electron chi connectivity index (χ1n) is 7.72. The van der Waals surface area contributed by atoms with Gasteiger partial charge in [0.1, 0.15) is 0 Å². The van der Waals surface area contributed by atoms with Gasteiger partial charge in [0.15, 0.2) is 4.96 Å². The number of imidazole rings is 1. The van der Waals surface area contributed by atoms with Gasteiger partial charge in [0.05, 0.1) is 17.5 Å². The van der Waals surface area contributed by atoms with Gasteiger partial charge in [-0.25, -0.2) is 4.98 Å². The van der Waals surface area contributed by atoms with Gasteiger partial charge >= 0.3 is 0 Å². The fourth-order valence-corrected chi connectivity index (χ4v) is 4.24. The van der Waals surface area contributed by atoms with Crippen LogP contribution in [-0.4, -0.2) is 28.1 Å². The van der Waals surface area contributed by atoms with Crippen molar-refractivity contribution in [3.8, 4) is 0 Å². The van der Waals surface area contributed by atoms with Crippen LogP contribution in [0.3, 0.4) is 0 Å². The lowest BCUT2D eigenvalue weighted by atomic mass is 9.64. The molecule has 0 aliphatic heterocycles. The second-order valence-electron chi connectivity index (χ2n) is 6.57. The molecule has 1 N–H and O–H groups in total. The van der Waals surface area contributed by atoms with Crippen molar-refractivity contribution in [3.63, 3.8) is 0 Å². The first kappa shape index (κ1) is 15.0. The molecule has 1 aliphatic carbocycles. The second-order valence-corrected chi connectivity index (χ2v) is 7.41. The molecule has 116 valence electrons. The minimum Gasteiger partial charge on any atom is -0.378 e. The molecule has 5 heteroatoms. The van der Waals surface area contributed by atoms with Crippen molar-refractivity contribution >= 4 is 16.3 Å². The molecular weight excluding hydrogens is 282 g/mol. The van der Waals surface area contributed by atoms with E-state index in [1.54, 1.807) is 11.3 Å². The quantitative estimate of drug-likeness (QED) is 0.921. The third kappa shape index (κ3) is 2.41. The molecule has 0 amide bonds. The molecule has 0 spiro atoms. The smallest absolute Gasteiger partial charge is 0.194 e. The van der Waals surface area contributed by atoms with Gasteiger partial charge in [0.2, 0.25) is 0 Å². The standard InChI is InChI=1S/C16H25N3OS/c1-6-20-14-7-13(16(14,4)5)17-8-12-11(3)18-15-19(12)10(2)9-21-15/h9,13-14,17H,6-8H2,1-5H3. The zero-order valence-corrected chi connectivity index (χ0v) is 14.4. The van der Waals surface area contributed by atoms with E-state index in [1.807, 2.05) is 0 Å². The van der Waals surface area contributed by atoms with E-state index < -0.39 is 0 Å². The van der Waals surface area contributed by atoms with E-state index >= 15 is 0 Å². The molecule has 1 fully saturated rings. The summed E-state index contributed by atoms with van der Waals surface area (Å²) in [6.45, 7) is 12.6. The number of fused-ring (bicyclic) bond motifs is 1. The average Bonchev–Trinajstić information content (AvgIpc) is 2.93. The number of nitrogens with zero attached hydrogens (tertiary/aromatic N) is 2. The molecule has 4 nitrogen and oxygen atoms in total. The average molecular weight is 307 g/mol. The number of aryl methyl sites for hydroxylation is 2. The molecule has 2 heterocycles. The molecule has 1 aliphatic rings. The molecule has 2 aromatic rings. The second kappa shape index (κ2) is 5.38. The van der Waals surface area contributed by atoms with Crippen LogP contribution in [-0.2, 0) is 11.3 Å². The molecule has 2 atom stereocenters. The Kier molecular flexibility index (Phi) is 3.84. The van der Waals surface area contributed by atoms with Gasteiger partial charge in [-0.3, -0.25) is 4.40 Å². The number of thiazole rings is 1. The molecule has 3 rings (SSSR count). The highest BCUT2D eigenvalue weighted by molar-refractivity contribution is 7.15. The van der Waals surface area contributed by atoms with Crippen LogP contribution in [0.25, 0.3) is 4.96 Å². The van der Waals surface area contributed by atoms with Crippen LogP contribution in [0.4, 0.5) is 0 Å². The summed E-state index contributed by atoms with van der Waals surface area (Å²) >= 11 is 1.71. The number of ether oxygens (including phenoxy) is 1. The van der Waals surface area contributed by atoms with Crippen molar-refractivity contribution in [3.05, 3.63) is 22.5 Å². The van der Waals surface area contributed by atoms with Gasteiger partial charge in [-0.05, 0) is 27.2 Å². The number of aromatic nitrogens is 2. The Labute approximate surface area is 130 Å². The number of hydrogen-bond donors (Lipinski definition) is 1. The minimum atomic E-state index is 0.206. The summed E-state index contributed by atoms with van der Waals surface area (Å²) in [5.74, 6) is 0. The predicted octanol–water partition coefficient (Wildman–Crippen LogP) is 3.31. The molecule has 0 bridgehead atoms. The van der Waals surface area contributed by atoms with Gasteiger partial charge in [-0.15, -0.1) is 11.3 Å². The monoisotopic (exact) mass is 307 g/mol. The summed E-state index contributed by atoms with van der Waals surface area (Å²) in [5.41, 5.74) is 3.90. The van der Waals surface area contributed by atoms with Crippen molar-refractivity contribution in [2.24, 2.45) is 5.41 Å². The Morgan fingerprint density at radius 1 is 1.48 bits per heavy atom. The summed E-state index contributed by atoms with van der Waals surface area (Å²) < 4.78 is 8.08. The summed E-state index contributed by atoms with van der Waals surface area (Å²) in [7, 11) is 0. The largest absolute Gasteiger partial charge is 0.378 e. The van der Waals surface area contributed by atoms with E-state index in [-0.39, 0.29) is 5.41 Å². The maximum Gasteiger partial charge on any atom is 0.194 e. The fraction of sp³-hybridized carbons (Fsp3) is 0.688. The maximum atomic E-state index is 5.81. The van der Waals surface area contributed by atoms with E-state index in [0.717, 1.165) is 30.2 Å². The van der Waals surface area contributed by atoms with Crippen molar-refractivity contribution in [2.75, 3.05) is 6.61 Å². The summed E-state index contributed by atoms with van der Waals surface area (Å²) in [6.07, 6.45) is 1.49. The molecule has 0 radical (unpaired) electrons. The highest BCUT2D eigenvalue weighted by atomic mass is 32.1. The highest BCUT2D eigenvalue weighted by Gasteiger charge is 2.48. The zero-order valence-electron chi connectivity index (χ0n) is 13.6. The highest BCUT2D eigenvalue weighted by Crippen LogP contribution is 2.42. The van der Waals surface area contributed by atoms with Crippen molar-refractivity contribution in [1.29, 1.82) is 0 Å². The van der Waals surface area contributed by atoms with Crippen LogP contribution >= 0.6 is 11.3 Å². The Morgan fingerprint density at radius 2 is 2.24 bits per heavy atom. The number of rotatable bonds is 5. The molecule has 21 heavy (non-hydrogen) atoms. The van der Waals surface area contributed by atoms with Gasteiger partial charge < -0.3 is 10.1 Å². The summed E-state index contributed by atoms with van der Waals surface area (Å²) in [5, 5.41) is 5.88. The van der Waals surface area contributed by atoms with Crippen molar-refractivity contribution < 1.29 is 4.74 Å². The zero-order chi connectivity index (χ0) is 15.2. The van der Waals surface area contributed by atoms with Gasteiger partial charge in [0, 0.05) is 35.7 Å². The van der Waals surface area contributed by atoms with Crippen LogP contribution in [0.15, 0.2) is 5.38 Å².